The molecule has 0 bridgehead atoms. The molecule has 1 N–H and O–H groups in total. The molecule has 2 heterocycles. The number of rotatable bonds is 5. The first-order valence-corrected chi connectivity index (χ1v) is 11.1. The second-order valence-electron chi connectivity index (χ2n) is 7.51. The molecule has 5 nitrogen and oxygen atoms in total. The smallest absolute Gasteiger partial charge is 0.263 e. The van der Waals surface area contributed by atoms with E-state index < -0.39 is 0 Å². The average molecular weight is 392 g/mol. The predicted molar refractivity (Wildman–Crippen MR) is 107 cm³/mol. The van der Waals surface area contributed by atoms with E-state index in [4.69, 9.17) is 4.98 Å². The summed E-state index contributed by atoms with van der Waals surface area (Å²) < 4.78 is 1.89. The third-order valence-electron chi connectivity index (χ3n) is 5.47. The van der Waals surface area contributed by atoms with Gasteiger partial charge in [-0.05, 0) is 52.0 Å². The van der Waals surface area contributed by atoms with E-state index in [9.17, 15) is 9.59 Å². The zero-order chi connectivity index (χ0) is 18.4. The zero-order valence-electron chi connectivity index (χ0n) is 15.5. The molecule has 1 amide bonds. The Bertz CT molecular complexity index is 908. The standard InChI is InChI=1S/C19H25N3O2S2/c1-10-11(2)25-17-15(10)18(24)22(14-6-4-5-7-14)19(21-17)26-12(3)16(23)20-13-8-9-13/h12-14H,4-9H2,1-3H3,(H,20,23). The van der Waals surface area contributed by atoms with Crippen LogP contribution in [0.25, 0.3) is 10.2 Å². The van der Waals surface area contributed by atoms with Gasteiger partial charge in [0.2, 0.25) is 5.91 Å². The SMILES string of the molecule is Cc1sc2nc(SC(C)C(=O)NC3CC3)n(C3CCCC3)c(=O)c2c1C. The van der Waals surface area contributed by atoms with Crippen LogP contribution in [0.3, 0.4) is 0 Å². The van der Waals surface area contributed by atoms with Crippen LogP contribution in [0.5, 0.6) is 0 Å². The van der Waals surface area contributed by atoms with Crippen LogP contribution in [0, 0.1) is 13.8 Å². The summed E-state index contributed by atoms with van der Waals surface area (Å²) in [6.45, 7) is 5.96. The number of thioether (sulfide) groups is 1. The van der Waals surface area contributed by atoms with Gasteiger partial charge in [-0.25, -0.2) is 4.98 Å². The molecular formula is C19H25N3O2S2. The van der Waals surface area contributed by atoms with Crippen molar-refractivity contribution >= 4 is 39.2 Å². The number of amides is 1. The highest BCUT2D eigenvalue weighted by atomic mass is 32.2. The topological polar surface area (TPSA) is 64.0 Å². The number of aromatic nitrogens is 2. The Morgan fingerprint density at radius 2 is 1.96 bits per heavy atom. The molecule has 2 fully saturated rings. The van der Waals surface area contributed by atoms with E-state index in [1.807, 2.05) is 25.3 Å². The van der Waals surface area contributed by atoms with Crippen molar-refractivity contribution in [1.82, 2.24) is 14.9 Å². The van der Waals surface area contributed by atoms with Crippen LogP contribution < -0.4 is 10.9 Å². The van der Waals surface area contributed by atoms with Crippen molar-refractivity contribution in [3.63, 3.8) is 0 Å². The van der Waals surface area contributed by atoms with Crippen molar-refractivity contribution in [3.05, 3.63) is 20.8 Å². The molecule has 2 aromatic rings. The van der Waals surface area contributed by atoms with Gasteiger partial charge < -0.3 is 5.32 Å². The third-order valence-corrected chi connectivity index (χ3v) is 7.64. The number of nitrogens with one attached hydrogen (secondary N) is 1. The van der Waals surface area contributed by atoms with Crippen LogP contribution in [0.4, 0.5) is 0 Å². The van der Waals surface area contributed by atoms with Crippen molar-refractivity contribution in [3.8, 4) is 0 Å². The predicted octanol–water partition coefficient (Wildman–Crippen LogP) is 3.95. The molecule has 0 aliphatic heterocycles. The minimum absolute atomic E-state index is 0.0448. The molecule has 2 aliphatic rings. The normalized spacial score (nSPS) is 19.2. The quantitative estimate of drug-likeness (QED) is 0.619. The van der Waals surface area contributed by atoms with Gasteiger partial charge in [0.05, 0.1) is 10.6 Å². The number of nitrogens with zero attached hydrogens (tertiary/aromatic N) is 2. The Balaban J connectivity index is 1.74. The lowest BCUT2D eigenvalue weighted by atomic mass is 10.2. The number of hydrogen-bond donors (Lipinski definition) is 1. The summed E-state index contributed by atoms with van der Waals surface area (Å²) >= 11 is 3.00. The van der Waals surface area contributed by atoms with Crippen molar-refractivity contribution in [2.75, 3.05) is 0 Å². The minimum atomic E-state index is -0.255. The Hall–Kier alpha value is -1.34. The number of carbonyl (C=O) groups is 1. The monoisotopic (exact) mass is 391 g/mol. The van der Waals surface area contributed by atoms with Gasteiger partial charge in [0.15, 0.2) is 5.16 Å². The molecule has 1 atom stereocenters. The van der Waals surface area contributed by atoms with Crippen LogP contribution in [-0.4, -0.2) is 26.8 Å². The van der Waals surface area contributed by atoms with E-state index in [1.54, 1.807) is 11.3 Å². The Kier molecular flexibility index (Phi) is 4.86. The average Bonchev–Trinajstić information content (AvgIpc) is 3.14. The van der Waals surface area contributed by atoms with Crippen LogP contribution in [0.2, 0.25) is 0 Å². The summed E-state index contributed by atoms with van der Waals surface area (Å²) in [5, 5.41) is 4.27. The van der Waals surface area contributed by atoms with Gasteiger partial charge in [-0.2, -0.15) is 0 Å². The Morgan fingerprint density at radius 3 is 2.62 bits per heavy atom. The highest BCUT2D eigenvalue weighted by molar-refractivity contribution is 8.00. The van der Waals surface area contributed by atoms with Crippen molar-refractivity contribution in [1.29, 1.82) is 0 Å². The first-order chi connectivity index (χ1) is 12.5. The van der Waals surface area contributed by atoms with Crippen molar-refractivity contribution in [2.45, 2.75) is 81.8 Å². The van der Waals surface area contributed by atoms with Gasteiger partial charge in [0.25, 0.3) is 5.56 Å². The lowest BCUT2D eigenvalue weighted by Gasteiger charge is -2.20. The summed E-state index contributed by atoms with van der Waals surface area (Å²) in [4.78, 5) is 32.5. The van der Waals surface area contributed by atoms with E-state index in [0.717, 1.165) is 59.2 Å². The molecule has 26 heavy (non-hydrogen) atoms. The molecule has 2 aliphatic carbocycles. The molecule has 0 spiro atoms. The van der Waals surface area contributed by atoms with Crippen LogP contribution in [0.1, 0.15) is 61.9 Å². The fourth-order valence-corrected chi connectivity index (χ4v) is 5.67. The van der Waals surface area contributed by atoms with E-state index >= 15 is 0 Å². The fraction of sp³-hybridized carbons (Fsp3) is 0.632. The molecule has 2 saturated carbocycles. The maximum absolute atomic E-state index is 13.3. The van der Waals surface area contributed by atoms with Gasteiger partial charge in [0, 0.05) is 17.0 Å². The molecule has 7 heteroatoms. The summed E-state index contributed by atoms with van der Waals surface area (Å²) in [6.07, 6.45) is 6.50. The molecule has 1 unspecified atom stereocenters. The Labute approximate surface area is 161 Å². The molecule has 0 saturated heterocycles. The lowest BCUT2D eigenvalue weighted by Crippen LogP contribution is -2.33. The van der Waals surface area contributed by atoms with Gasteiger partial charge in [0.1, 0.15) is 4.83 Å². The van der Waals surface area contributed by atoms with Crippen molar-refractivity contribution in [2.24, 2.45) is 0 Å². The fourth-order valence-electron chi connectivity index (χ4n) is 3.61. The second-order valence-corrected chi connectivity index (χ2v) is 10.0. The van der Waals surface area contributed by atoms with Crippen LogP contribution in [-0.2, 0) is 4.79 Å². The molecule has 0 radical (unpaired) electrons. The molecule has 2 aromatic heterocycles. The maximum atomic E-state index is 13.3. The first-order valence-electron chi connectivity index (χ1n) is 9.45. The second kappa shape index (κ2) is 7.00. The lowest BCUT2D eigenvalue weighted by molar-refractivity contribution is -0.120. The van der Waals surface area contributed by atoms with E-state index in [0.29, 0.717) is 11.2 Å². The summed E-state index contributed by atoms with van der Waals surface area (Å²) in [7, 11) is 0. The van der Waals surface area contributed by atoms with Gasteiger partial charge >= 0.3 is 0 Å². The highest BCUT2D eigenvalue weighted by Crippen LogP contribution is 2.35. The van der Waals surface area contributed by atoms with Crippen molar-refractivity contribution < 1.29 is 4.79 Å². The van der Waals surface area contributed by atoms with Gasteiger partial charge in [-0.1, -0.05) is 24.6 Å². The summed E-state index contributed by atoms with van der Waals surface area (Å²) in [6, 6.07) is 0.556. The van der Waals surface area contributed by atoms with Gasteiger partial charge in [-0.3, -0.25) is 14.2 Å². The minimum Gasteiger partial charge on any atom is -0.352 e. The number of aryl methyl sites for hydroxylation is 2. The molecule has 4 rings (SSSR count). The van der Waals surface area contributed by atoms with E-state index in [-0.39, 0.29) is 22.8 Å². The number of thiophene rings is 1. The molecular weight excluding hydrogens is 366 g/mol. The maximum Gasteiger partial charge on any atom is 0.263 e. The van der Waals surface area contributed by atoms with Gasteiger partial charge in [-0.15, -0.1) is 11.3 Å². The summed E-state index contributed by atoms with van der Waals surface area (Å²) in [5.74, 6) is 0.0448. The van der Waals surface area contributed by atoms with Crippen LogP contribution in [0.15, 0.2) is 9.95 Å². The Morgan fingerprint density at radius 1 is 1.27 bits per heavy atom. The molecule has 0 aromatic carbocycles. The third kappa shape index (κ3) is 3.31. The summed E-state index contributed by atoms with van der Waals surface area (Å²) in [5.41, 5.74) is 1.12. The zero-order valence-corrected chi connectivity index (χ0v) is 17.1. The highest BCUT2D eigenvalue weighted by Gasteiger charge is 2.29. The van der Waals surface area contributed by atoms with E-state index in [2.05, 4.69) is 5.32 Å². The van der Waals surface area contributed by atoms with E-state index in [1.165, 1.54) is 11.8 Å². The number of carbonyl (C=O) groups excluding carboxylic acids is 1. The molecule has 140 valence electrons. The van der Waals surface area contributed by atoms with Crippen LogP contribution >= 0.6 is 23.1 Å². The largest absolute Gasteiger partial charge is 0.352 e. The number of fused-ring (bicyclic) bond motifs is 1. The first kappa shape index (κ1) is 18.0. The number of hydrogen-bond acceptors (Lipinski definition) is 5.